The Bertz CT molecular complexity index is 928. The van der Waals surface area contributed by atoms with E-state index in [1.54, 1.807) is 0 Å². The first-order valence-electron chi connectivity index (χ1n) is 8.63. The number of hydrogen-bond acceptors (Lipinski definition) is 5. The van der Waals surface area contributed by atoms with Gasteiger partial charge in [0.25, 0.3) is 0 Å². The van der Waals surface area contributed by atoms with E-state index >= 15 is 0 Å². The highest BCUT2D eigenvalue weighted by atomic mass is 16.6. The Balaban J connectivity index is 1.87. The molecule has 2 atom stereocenters. The highest BCUT2D eigenvalue weighted by Gasteiger charge is 2.67. The van der Waals surface area contributed by atoms with Crippen molar-refractivity contribution in [2.75, 3.05) is 6.61 Å². The fourth-order valence-corrected chi connectivity index (χ4v) is 5.19. The maximum atomic E-state index is 12.7. The molecule has 2 aromatic carbocycles. The van der Waals surface area contributed by atoms with Crippen LogP contribution in [-0.4, -0.2) is 24.5 Å². The smallest absolute Gasteiger partial charge is 0.318 e. The van der Waals surface area contributed by atoms with Crippen molar-refractivity contribution >= 4 is 17.9 Å². The molecular weight excluding hydrogens is 332 g/mol. The first kappa shape index (κ1) is 15.3. The number of benzene rings is 2. The van der Waals surface area contributed by atoms with Gasteiger partial charge in [-0.25, -0.2) is 0 Å². The summed E-state index contributed by atoms with van der Waals surface area (Å²) in [6.45, 7) is 1.35. The molecule has 1 heterocycles. The van der Waals surface area contributed by atoms with Gasteiger partial charge in [-0.15, -0.1) is 0 Å². The summed E-state index contributed by atoms with van der Waals surface area (Å²) < 4.78 is 10.5. The third-order valence-electron chi connectivity index (χ3n) is 6.03. The minimum absolute atomic E-state index is 0.00657. The van der Waals surface area contributed by atoms with E-state index in [2.05, 4.69) is 0 Å². The molecule has 130 valence electrons. The van der Waals surface area contributed by atoms with Gasteiger partial charge in [0.15, 0.2) is 0 Å². The average Bonchev–Trinajstić information content (AvgIpc) is 2.95. The van der Waals surface area contributed by atoms with Crippen LogP contribution in [0.4, 0.5) is 0 Å². The lowest BCUT2D eigenvalue weighted by Crippen LogP contribution is -2.56. The van der Waals surface area contributed by atoms with Crippen LogP contribution in [0.5, 0.6) is 0 Å². The number of cyclic esters (lactones) is 2. The molecule has 1 aliphatic heterocycles. The van der Waals surface area contributed by atoms with E-state index in [-0.39, 0.29) is 12.5 Å². The molecule has 6 rings (SSSR count). The summed E-state index contributed by atoms with van der Waals surface area (Å²) in [6, 6.07) is 15.6. The van der Waals surface area contributed by atoms with Gasteiger partial charge in [0.1, 0.15) is 6.61 Å². The summed E-state index contributed by atoms with van der Waals surface area (Å²) >= 11 is 0. The van der Waals surface area contributed by atoms with E-state index in [0.29, 0.717) is 0 Å². The zero-order valence-electron chi connectivity index (χ0n) is 14.1. The number of esters is 3. The molecule has 1 fully saturated rings. The van der Waals surface area contributed by atoms with Crippen molar-refractivity contribution in [3.63, 3.8) is 0 Å². The molecule has 0 amide bonds. The Morgan fingerprint density at radius 1 is 1.00 bits per heavy atom. The normalized spacial score (nSPS) is 30.3. The average molecular weight is 348 g/mol. The molecule has 2 bridgehead atoms. The fourth-order valence-electron chi connectivity index (χ4n) is 5.19. The molecule has 5 nitrogen and oxygen atoms in total. The van der Waals surface area contributed by atoms with Crippen LogP contribution in [0.2, 0.25) is 0 Å². The largest absolute Gasteiger partial charge is 0.465 e. The van der Waals surface area contributed by atoms with Gasteiger partial charge in [-0.2, -0.15) is 0 Å². The zero-order chi connectivity index (χ0) is 18.1. The van der Waals surface area contributed by atoms with E-state index < -0.39 is 35.2 Å². The maximum Gasteiger partial charge on any atom is 0.318 e. The van der Waals surface area contributed by atoms with Gasteiger partial charge in [-0.05, 0) is 22.3 Å². The Kier molecular flexibility index (Phi) is 2.97. The number of hydrogen-bond donors (Lipinski definition) is 0. The second-order valence-corrected chi connectivity index (χ2v) is 7.15. The molecule has 0 N–H and O–H groups in total. The third kappa shape index (κ3) is 1.68. The highest BCUT2D eigenvalue weighted by Crippen LogP contribution is 2.63. The van der Waals surface area contributed by atoms with Gasteiger partial charge in [-0.3, -0.25) is 14.4 Å². The third-order valence-corrected chi connectivity index (χ3v) is 6.03. The Morgan fingerprint density at radius 3 is 2.15 bits per heavy atom. The Labute approximate surface area is 149 Å². The van der Waals surface area contributed by atoms with E-state index in [0.717, 1.165) is 22.3 Å². The topological polar surface area (TPSA) is 69.7 Å². The second-order valence-electron chi connectivity index (χ2n) is 7.15. The Hall–Kier alpha value is -2.95. The summed E-state index contributed by atoms with van der Waals surface area (Å²) in [5.74, 6) is -2.91. The first-order chi connectivity index (χ1) is 12.6. The molecule has 2 unspecified atom stereocenters. The Morgan fingerprint density at radius 2 is 1.58 bits per heavy atom. The van der Waals surface area contributed by atoms with Crippen molar-refractivity contribution in [3.05, 3.63) is 70.8 Å². The highest BCUT2D eigenvalue weighted by molar-refractivity contribution is 6.00. The fraction of sp³-hybridized carbons (Fsp3) is 0.286. The molecule has 0 aromatic heterocycles. The maximum absolute atomic E-state index is 12.7. The molecule has 5 heteroatoms. The van der Waals surface area contributed by atoms with Gasteiger partial charge in [0, 0.05) is 12.8 Å². The van der Waals surface area contributed by atoms with E-state index in [1.807, 2.05) is 48.5 Å². The number of ether oxygens (including phenoxy) is 2. The number of carbonyl (C=O) groups excluding carboxylic acids is 3. The predicted molar refractivity (Wildman–Crippen MR) is 90.2 cm³/mol. The molecule has 4 aliphatic rings. The summed E-state index contributed by atoms with van der Waals surface area (Å²) in [5, 5.41) is 0. The lowest BCUT2D eigenvalue weighted by Gasteiger charge is -2.53. The van der Waals surface area contributed by atoms with Crippen LogP contribution in [0.1, 0.15) is 35.1 Å². The molecule has 2 aromatic rings. The van der Waals surface area contributed by atoms with Crippen LogP contribution in [0, 0.1) is 11.8 Å². The van der Waals surface area contributed by atoms with Gasteiger partial charge in [-0.1, -0.05) is 48.5 Å². The van der Waals surface area contributed by atoms with Crippen LogP contribution in [0.15, 0.2) is 48.5 Å². The number of carbonyl (C=O) groups is 3. The van der Waals surface area contributed by atoms with Gasteiger partial charge < -0.3 is 9.47 Å². The van der Waals surface area contributed by atoms with E-state index in [4.69, 9.17) is 9.47 Å². The van der Waals surface area contributed by atoms with Crippen molar-refractivity contribution in [2.24, 2.45) is 11.8 Å². The van der Waals surface area contributed by atoms with Gasteiger partial charge >= 0.3 is 17.9 Å². The van der Waals surface area contributed by atoms with Crippen LogP contribution in [0.3, 0.4) is 0 Å². The molecular formula is C21H16O5. The van der Waals surface area contributed by atoms with Crippen LogP contribution >= 0.6 is 0 Å². The quantitative estimate of drug-likeness (QED) is 0.615. The minimum atomic E-state index is -0.901. The van der Waals surface area contributed by atoms with Crippen molar-refractivity contribution in [3.8, 4) is 0 Å². The van der Waals surface area contributed by atoms with E-state index in [9.17, 15) is 14.4 Å². The van der Waals surface area contributed by atoms with Crippen molar-refractivity contribution in [1.82, 2.24) is 0 Å². The zero-order valence-corrected chi connectivity index (χ0v) is 14.1. The molecule has 0 saturated carbocycles. The van der Waals surface area contributed by atoms with Crippen LogP contribution in [0.25, 0.3) is 0 Å². The van der Waals surface area contributed by atoms with Gasteiger partial charge in [0.2, 0.25) is 0 Å². The summed E-state index contributed by atoms with van der Waals surface area (Å²) in [6.07, 6.45) is 0. The second kappa shape index (κ2) is 5.04. The number of rotatable bonds is 2. The lowest BCUT2D eigenvalue weighted by molar-refractivity contribution is -0.155. The van der Waals surface area contributed by atoms with Gasteiger partial charge in [0.05, 0.1) is 17.3 Å². The van der Waals surface area contributed by atoms with E-state index in [1.165, 1.54) is 6.92 Å². The van der Waals surface area contributed by atoms with Crippen molar-refractivity contribution in [1.29, 1.82) is 0 Å². The summed E-state index contributed by atoms with van der Waals surface area (Å²) in [5.41, 5.74) is 3.00. The lowest BCUT2D eigenvalue weighted by atomic mass is 9.47. The standard InChI is InChI=1S/C21H16O5/c1-11(22)25-10-21-14-8-4-2-6-12(14)16(13-7-3-5-9-15(13)21)17-18(21)20(24)26-19(17)23/h2-9,16-18H,10H2,1H3. The molecule has 26 heavy (non-hydrogen) atoms. The molecule has 1 saturated heterocycles. The van der Waals surface area contributed by atoms with Crippen LogP contribution < -0.4 is 0 Å². The van der Waals surface area contributed by atoms with Crippen molar-refractivity contribution < 1.29 is 23.9 Å². The summed E-state index contributed by atoms with van der Waals surface area (Å²) in [4.78, 5) is 36.9. The molecule has 0 spiro atoms. The molecule has 3 aliphatic carbocycles. The van der Waals surface area contributed by atoms with Crippen molar-refractivity contribution in [2.45, 2.75) is 18.3 Å². The SMILES string of the molecule is CC(=O)OCC12c3ccccc3C(c3ccccc31)C1C(=O)OC(=O)C12. The monoisotopic (exact) mass is 348 g/mol. The summed E-state index contributed by atoms with van der Waals surface area (Å²) in [7, 11) is 0. The van der Waals surface area contributed by atoms with Crippen LogP contribution in [-0.2, 0) is 29.3 Å². The molecule has 0 radical (unpaired) electrons. The minimum Gasteiger partial charge on any atom is -0.465 e. The first-order valence-corrected chi connectivity index (χ1v) is 8.63. The predicted octanol–water partition coefficient (Wildman–Crippen LogP) is 2.31.